The Bertz CT molecular complexity index is 93.1. The molecular formula is C6H11NO2. The minimum absolute atomic E-state index is 0.118. The number of carbonyl (C=O) groups is 2. The highest BCUT2D eigenvalue weighted by atomic mass is 16.1. The van der Waals surface area contributed by atoms with Gasteiger partial charge in [0.05, 0.1) is 6.54 Å². The average Bonchev–Trinajstić information content (AvgIpc) is 1.85. The molecule has 0 bridgehead atoms. The molecule has 0 heterocycles. The molecule has 0 fully saturated rings. The van der Waals surface area contributed by atoms with Crippen LogP contribution in [0, 0.1) is 0 Å². The van der Waals surface area contributed by atoms with Crippen molar-refractivity contribution in [2.75, 3.05) is 6.54 Å². The summed E-state index contributed by atoms with van der Waals surface area (Å²) in [5, 5.41) is 2.83. The zero-order valence-electron chi connectivity index (χ0n) is 5.46. The lowest BCUT2D eigenvalue weighted by atomic mass is 10.2. The lowest BCUT2D eigenvalue weighted by molar-refractivity contribution is -0.109. The van der Waals surface area contributed by atoms with Gasteiger partial charge < -0.3 is 14.9 Å². The van der Waals surface area contributed by atoms with Crippen LogP contribution in [-0.4, -0.2) is 25.2 Å². The van der Waals surface area contributed by atoms with E-state index >= 15 is 0 Å². The summed E-state index contributed by atoms with van der Waals surface area (Å²) in [6.45, 7) is 2.19. The third-order valence-electron chi connectivity index (χ3n) is 0.999. The fourth-order valence-electron chi connectivity index (χ4n) is 0.477. The predicted molar refractivity (Wildman–Crippen MR) is 34.2 cm³/mol. The Morgan fingerprint density at radius 3 is 2.56 bits per heavy atom. The number of hydrogen-bond acceptors (Lipinski definition) is 3. The van der Waals surface area contributed by atoms with E-state index in [0.29, 0.717) is 13.0 Å². The van der Waals surface area contributed by atoms with Crippen LogP contribution in [0.25, 0.3) is 0 Å². The van der Waals surface area contributed by atoms with Crippen molar-refractivity contribution in [3.63, 3.8) is 0 Å². The molecule has 0 aliphatic carbocycles. The molecule has 0 aromatic rings. The van der Waals surface area contributed by atoms with Crippen molar-refractivity contribution in [2.24, 2.45) is 0 Å². The average molecular weight is 129 g/mol. The van der Waals surface area contributed by atoms with Crippen LogP contribution in [0.3, 0.4) is 0 Å². The maximum Gasteiger partial charge on any atom is 0.133 e. The predicted octanol–water partition coefficient (Wildman–Crippen LogP) is -0.248. The quantitative estimate of drug-likeness (QED) is 0.521. The molecule has 1 unspecified atom stereocenters. The van der Waals surface area contributed by atoms with Crippen molar-refractivity contribution in [3.05, 3.63) is 0 Å². The van der Waals surface area contributed by atoms with Gasteiger partial charge in [0, 0.05) is 12.5 Å². The van der Waals surface area contributed by atoms with Gasteiger partial charge >= 0.3 is 0 Å². The maximum atomic E-state index is 9.85. The fraction of sp³-hybridized carbons (Fsp3) is 0.667. The third-order valence-corrected chi connectivity index (χ3v) is 0.999. The molecule has 0 aliphatic heterocycles. The highest BCUT2D eigenvalue weighted by molar-refractivity contribution is 5.53. The summed E-state index contributed by atoms with van der Waals surface area (Å²) < 4.78 is 0. The van der Waals surface area contributed by atoms with E-state index in [9.17, 15) is 9.59 Å². The molecule has 0 radical (unpaired) electrons. The summed E-state index contributed by atoms with van der Waals surface area (Å²) in [7, 11) is 0. The van der Waals surface area contributed by atoms with Gasteiger partial charge in [-0.05, 0) is 6.92 Å². The number of hydrogen-bond donors (Lipinski definition) is 1. The zero-order chi connectivity index (χ0) is 7.11. The van der Waals surface area contributed by atoms with Gasteiger partial charge in [0.25, 0.3) is 0 Å². The van der Waals surface area contributed by atoms with Crippen molar-refractivity contribution < 1.29 is 9.59 Å². The first kappa shape index (κ1) is 8.30. The second kappa shape index (κ2) is 5.44. The summed E-state index contributed by atoms with van der Waals surface area (Å²) in [6.07, 6.45) is 2.08. The highest BCUT2D eigenvalue weighted by Gasteiger charge is 1.96. The monoisotopic (exact) mass is 129 g/mol. The topological polar surface area (TPSA) is 46.2 Å². The van der Waals surface area contributed by atoms with E-state index in [1.165, 1.54) is 0 Å². The summed E-state index contributed by atoms with van der Waals surface area (Å²) in [5.74, 6) is 0. The van der Waals surface area contributed by atoms with Crippen molar-refractivity contribution >= 4 is 12.6 Å². The van der Waals surface area contributed by atoms with Crippen molar-refractivity contribution in [1.82, 2.24) is 5.32 Å². The smallest absolute Gasteiger partial charge is 0.133 e. The molecule has 0 rings (SSSR count). The van der Waals surface area contributed by atoms with Crippen LogP contribution < -0.4 is 5.32 Å². The van der Waals surface area contributed by atoms with Crippen LogP contribution in [-0.2, 0) is 9.59 Å². The summed E-state index contributed by atoms with van der Waals surface area (Å²) in [4.78, 5) is 19.6. The third kappa shape index (κ3) is 5.17. The Labute approximate surface area is 54.4 Å². The molecule has 0 saturated heterocycles. The Balaban J connectivity index is 3.14. The standard InChI is InChI=1S/C6H11NO2/c1-6(2-4-8)7-3-5-9/h4-7H,2-3H2,1H3. The molecule has 9 heavy (non-hydrogen) atoms. The maximum absolute atomic E-state index is 9.85. The molecule has 3 heteroatoms. The van der Waals surface area contributed by atoms with E-state index in [-0.39, 0.29) is 6.04 Å². The second-order valence-electron chi connectivity index (χ2n) is 1.88. The molecule has 3 nitrogen and oxygen atoms in total. The largest absolute Gasteiger partial charge is 0.307 e. The van der Waals surface area contributed by atoms with E-state index < -0.39 is 0 Å². The molecule has 52 valence electrons. The first-order chi connectivity index (χ1) is 4.31. The molecule has 0 aromatic heterocycles. The van der Waals surface area contributed by atoms with Gasteiger partial charge in [0.1, 0.15) is 12.6 Å². The molecule has 0 spiro atoms. The molecule has 0 amide bonds. The lowest BCUT2D eigenvalue weighted by Gasteiger charge is -2.05. The van der Waals surface area contributed by atoms with Crippen molar-refractivity contribution in [2.45, 2.75) is 19.4 Å². The molecule has 0 aliphatic rings. The van der Waals surface area contributed by atoms with Crippen LogP contribution in [0.15, 0.2) is 0 Å². The molecule has 0 saturated carbocycles. The fourth-order valence-corrected chi connectivity index (χ4v) is 0.477. The van der Waals surface area contributed by atoms with Crippen molar-refractivity contribution in [3.8, 4) is 0 Å². The van der Waals surface area contributed by atoms with Crippen LogP contribution in [0.1, 0.15) is 13.3 Å². The molecular weight excluding hydrogens is 118 g/mol. The van der Waals surface area contributed by atoms with Gasteiger partial charge in [0.15, 0.2) is 0 Å². The Hall–Kier alpha value is -0.700. The van der Waals surface area contributed by atoms with E-state index in [0.717, 1.165) is 12.6 Å². The Morgan fingerprint density at radius 2 is 2.11 bits per heavy atom. The SMILES string of the molecule is CC(CC=O)NCC=O. The van der Waals surface area contributed by atoms with Gasteiger partial charge in [-0.1, -0.05) is 0 Å². The molecule has 0 aromatic carbocycles. The van der Waals surface area contributed by atoms with Gasteiger partial charge in [-0.3, -0.25) is 0 Å². The Morgan fingerprint density at radius 1 is 1.44 bits per heavy atom. The first-order valence-electron chi connectivity index (χ1n) is 2.92. The van der Waals surface area contributed by atoms with Gasteiger partial charge in [-0.2, -0.15) is 0 Å². The molecule has 1 atom stereocenters. The van der Waals surface area contributed by atoms with E-state index in [4.69, 9.17) is 0 Å². The van der Waals surface area contributed by atoms with Crippen LogP contribution in [0.5, 0.6) is 0 Å². The number of carbonyl (C=O) groups excluding carboxylic acids is 2. The first-order valence-corrected chi connectivity index (χ1v) is 2.92. The van der Waals surface area contributed by atoms with E-state index in [1.807, 2.05) is 6.92 Å². The van der Waals surface area contributed by atoms with E-state index in [2.05, 4.69) is 5.32 Å². The van der Waals surface area contributed by atoms with Crippen LogP contribution in [0.2, 0.25) is 0 Å². The Kier molecular flexibility index (Phi) is 5.01. The van der Waals surface area contributed by atoms with Crippen LogP contribution >= 0.6 is 0 Å². The highest BCUT2D eigenvalue weighted by Crippen LogP contribution is 1.82. The van der Waals surface area contributed by atoms with Gasteiger partial charge in [-0.15, -0.1) is 0 Å². The normalized spacial score (nSPS) is 12.6. The minimum Gasteiger partial charge on any atom is -0.307 e. The van der Waals surface area contributed by atoms with Crippen LogP contribution in [0.4, 0.5) is 0 Å². The molecule has 1 N–H and O–H groups in total. The minimum atomic E-state index is 0.118. The number of aldehydes is 2. The van der Waals surface area contributed by atoms with Gasteiger partial charge in [-0.25, -0.2) is 0 Å². The summed E-state index contributed by atoms with van der Waals surface area (Å²) >= 11 is 0. The zero-order valence-corrected chi connectivity index (χ0v) is 5.46. The van der Waals surface area contributed by atoms with E-state index in [1.54, 1.807) is 0 Å². The lowest BCUT2D eigenvalue weighted by Crippen LogP contribution is -2.27. The second-order valence-corrected chi connectivity index (χ2v) is 1.88. The number of rotatable bonds is 5. The van der Waals surface area contributed by atoms with Gasteiger partial charge in [0.2, 0.25) is 0 Å². The summed E-state index contributed by atoms with van der Waals surface area (Å²) in [5.41, 5.74) is 0. The van der Waals surface area contributed by atoms with Crippen molar-refractivity contribution in [1.29, 1.82) is 0 Å². The summed E-state index contributed by atoms with van der Waals surface area (Å²) in [6, 6.07) is 0.118. The number of nitrogens with one attached hydrogen (secondary N) is 1.